The van der Waals surface area contributed by atoms with Gasteiger partial charge in [0.05, 0.1) is 35.1 Å². The van der Waals surface area contributed by atoms with Crippen LogP contribution in [-0.4, -0.2) is 94.3 Å². The number of aromatic amines is 1. The fourth-order valence-corrected chi connectivity index (χ4v) is 6.67. The van der Waals surface area contributed by atoms with Gasteiger partial charge in [0.15, 0.2) is 11.6 Å². The number of benzene rings is 2. The molecule has 2 amide bonds. The Bertz CT molecular complexity index is 1800. The van der Waals surface area contributed by atoms with Gasteiger partial charge in [-0.25, -0.2) is 9.97 Å². The zero-order valence-electron chi connectivity index (χ0n) is 23.0. The van der Waals surface area contributed by atoms with E-state index in [9.17, 15) is 9.59 Å². The molecule has 42 heavy (non-hydrogen) atoms. The van der Waals surface area contributed by atoms with Gasteiger partial charge >= 0.3 is 0 Å². The lowest BCUT2D eigenvalue weighted by atomic mass is 10.1. The molecule has 0 spiro atoms. The predicted molar refractivity (Wildman–Crippen MR) is 164 cm³/mol. The summed E-state index contributed by atoms with van der Waals surface area (Å²) in [6, 6.07) is 15.9. The van der Waals surface area contributed by atoms with Crippen LogP contribution in [0.3, 0.4) is 0 Å². The van der Waals surface area contributed by atoms with Gasteiger partial charge in [-0.3, -0.25) is 14.7 Å². The molecule has 0 radical (unpaired) electrons. The number of fused-ring (bicyclic) bond motifs is 2. The van der Waals surface area contributed by atoms with E-state index in [4.69, 9.17) is 14.7 Å². The van der Waals surface area contributed by atoms with E-state index in [1.54, 1.807) is 21.1 Å². The third-order valence-electron chi connectivity index (χ3n) is 7.86. The van der Waals surface area contributed by atoms with Gasteiger partial charge < -0.3 is 19.4 Å². The molecule has 212 valence electrons. The average Bonchev–Trinajstić information content (AvgIpc) is 3.72. The minimum absolute atomic E-state index is 0.0258. The summed E-state index contributed by atoms with van der Waals surface area (Å²) in [6.07, 6.45) is 3.13. The van der Waals surface area contributed by atoms with Gasteiger partial charge in [-0.05, 0) is 35.9 Å². The van der Waals surface area contributed by atoms with Crippen LogP contribution in [0.4, 0.5) is 5.82 Å². The normalized spacial score (nSPS) is 15.9. The summed E-state index contributed by atoms with van der Waals surface area (Å²) in [6.45, 7) is 8.44. The first-order chi connectivity index (χ1) is 20.6. The number of amides is 2. The topological polar surface area (TPSA) is 108 Å². The van der Waals surface area contributed by atoms with Gasteiger partial charge in [0.25, 0.3) is 5.91 Å². The molecule has 2 aliphatic rings. The lowest BCUT2D eigenvalue weighted by Gasteiger charge is -2.34. The molecule has 2 aromatic carbocycles. The lowest BCUT2D eigenvalue weighted by Crippen LogP contribution is -2.50. The molecule has 11 heteroatoms. The maximum absolute atomic E-state index is 13.2. The molecule has 5 aromatic rings. The number of carbonyl (C=O) groups excluding carboxylic acids is 2. The Morgan fingerprint density at radius 3 is 2.48 bits per heavy atom. The molecule has 0 unspecified atom stereocenters. The second-order valence-electron chi connectivity index (χ2n) is 10.3. The molecular weight excluding hydrogens is 550 g/mol. The van der Waals surface area contributed by atoms with Crippen molar-refractivity contribution in [2.45, 2.75) is 0 Å². The number of carbonyl (C=O) groups is 2. The summed E-state index contributed by atoms with van der Waals surface area (Å²) >= 11 is 1.66. The largest absolute Gasteiger partial charge is 0.378 e. The zero-order chi connectivity index (χ0) is 28.6. The number of hydrogen-bond acceptors (Lipinski definition) is 8. The van der Waals surface area contributed by atoms with E-state index in [0.717, 1.165) is 56.0 Å². The van der Waals surface area contributed by atoms with Crippen LogP contribution in [0.5, 0.6) is 0 Å². The van der Waals surface area contributed by atoms with Gasteiger partial charge in [-0.2, -0.15) is 5.10 Å². The van der Waals surface area contributed by atoms with Crippen molar-refractivity contribution in [3.63, 3.8) is 0 Å². The van der Waals surface area contributed by atoms with E-state index >= 15 is 0 Å². The number of thiophene rings is 1. The minimum atomic E-state index is -0.0955. The number of aromatic nitrogens is 4. The first-order valence-corrected chi connectivity index (χ1v) is 14.8. The molecule has 2 saturated heterocycles. The molecule has 1 N–H and O–H groups in total. The summed E-state index contributed by atoms with van der Waals surface area (Å²) < 4.78 is 6.65. The first kappa shape index (κ1) is 26.3. The SMILES string of the molecule is C=CC(=O)N1CCN(C(=O)c2ccc(-c3cc4nc(-c5cccc6[nH]ncc56)nc(N5CCOCC5)c4s3)cc2)CC1. The van der Waals surface area contributed by atoms with Gasteiger partial charge in [-0.1, -0.05) is 30.8 Å². The predicted octanol–water partition coefficient (Wildman–Crippen LogP) is 4.21. The van der Waals surface area contributed by atoms with Gasteiger partial charge in [0.1, 0.15) is 0 Å². The van der Waals surface area contributed by atoms with Gasteiger partial charge in [0.2, 0.25) is 5.91 Å². The number of anilines is 1. The number of H-pyrrole nitrogens is 1. The monoisotopic (exact) mass is 579 g/mol. The highest BCUT2D eigenvalue weighted by Gasteiger charge is 2.25. The number of hydrogen-bond donors (Lipinski definition) is 1. The second-order valence-corrected chi connectivity index (χ2v) is 11.4. The molecule has 10 nitrogen and oxygen atoms in total. The fourth-order valence-electron chi connectivity index (χ4n) is 5.55. The highest BCUT2D eigenvalue weighted by atomic mass is 32.1. The van der Waals surface area contributed by atoms with Crippen LogP contribution in [0.25, 0.3) is 42.9 Å². The molecule has 2 fully saturated rings. The Labute approximate surface area is 246 Å². The van der Waals surface area contributed by atoms with Crippen LogP contribution >= 0.6 is 11.3 Å². The van der Waals surface area contributed by atoms with E-state index in [1.807, 2.05) is 48.7 Å². The van der Waals surface area contributed by atoms with Crippen LogP contribution in [0.15, 0.2) is 67.4 Å². The minimum Gasteiger partial charge on any atom is -0.378 e. The maximum atomic E-state index is 13.2. The van der Waals surface area contributed by atoms with Crippen molar-refractivity contribution in [1.29, 1.82) is 0 Å². The van der Waals surface area contributed by atoms with E-state index in [-0.39, 0.29) is 11.8 Å². The molecule has 0 saturated carbocycles. The first-order valence-electron chi connectivity index (χ1n) is 14.0. The van der Waals surface area contributed by atoms with Crippen molar-refractivity contribution in [1.82, 2.24) is 30.0 Å². The summed E-state index contributed by atoms with van der Waals surface area (Å²) in [4.78, 5) is 42.0. The quantitative estimate of drug-likeness (QED) is 0.311. The highest BCUT2D eigenvalue weighted by Crippen LogP contribution is 2.39. The highest BCUT2D eigenvalue weighted by molar-refractivity contribution is 7.22. The fraction of sp³-hybridized carbons (Fsp3) is 0.258. The van der Waals surface area contributed by atoms with E-state index in [1.165, 1.54) is 6.08 Å². The smallest absolute Gasteiger partial charge is 0.253 e. The van der Waals surface area contributed by atoms with Crippen molar-refractivity contribution < 1.29 is 14.3 Å². The molecule has 0 atom stereocenters. The molecule has 0 bridgehead atoms. The standard InChI is InChI=1S/C31H29N7O3S/c1-2-27(39)36-10-12-38(13-11-36)31(40)21-8-6-20(7-9-21)26-18-25-28(42-26)30(37-14-16-41-17-15-37)34-29(33-25)22-4-3-5-24-23(22)19-32-35-24/h2-9,18-19H,1,10-17H2,(H,32,35). The van der Waals surface area contributed by atoms with Crippen molar-refractivity contribution in [2.75, 3.05) is 57.4 Å². The van der Waals surface area contributed by atoms with Gasteiger partial charge in [0, 0.05) is 60.7 Å². The number of nitrogens with zero attached hydrogens (tertiary/aromatic N) is 6. The third kappa shape index (κ3) is 4.80. The van der Waals surface area contributed by atoms with Crippen LogP contribution in [0.1, 0.15) is 10.4 Å². The van der Waals surface area contributed by atoms with Crippen molar-refractivity contribution in [2.24, 2.45) is 0 Å². The zero-order valence-corrected chi connectivity index (χ0v) is 23.8. The molecule has 5 heterocycles. The molecular formula is C31H29N7O3S. The Morgan fingerprint density at radius 2 is 1.71 bits per heavy atom. The molecule has 3 aromatic heterocycles. The molecule has 2 aliphatic heterocycles. The molecule has 0 aliphatic carbocycles. The van der Waals surface area contributed by atoms with Crippen LogP contribution in [-0.2, 0) is 9.53 Å². The van der Waals surface area contributed by atoms with Crippen LogP contribution in [0.2, 0.25) is 0 Å². The van der Waals surface area contributed by atoms with E-state index < -0.39 is 0 Å². The van der Waals surface area contributed by atoms with Crippen molar-refractivity contribution in [3.05, 3.63) is 72.9 Å². The number of rotatable bonds is 5. The summed E-state index contributed by atoms with van der Waals surface area (Å²) in [5.41, 5.74) is 4.41. The van der Waals surface area contributed by atoms with Crippen LogP contribution < -0.4 is 4.90 Å². The van der Waals surface area contributed by atoms with Crippen LogP contribution in [0, 0.1) is 0 Å². The number of piperazine rings is 1. The number of morpholine rings is 1. The Kier molecular flexibility index (Phi) is 6.88. The molecule has 7 rings (SSSR count). The van der Waals surface area contributed by atoms with Crippen molar-refractivity contribution >= 4 is 50.1 Å². The van der Waals surface area contributed by atoms with E-state index in [2.05, 4.69) is 27.7 Å². The third-order valence-corrected chi connectivity index (χ3v) is 9.03. The number of ether oxygens (including phenoxy) is 1. The van der Waals surface area contributed by atoms with E-state index in [0.29, 0.717) is 50.8 Å². The summed E-state index contributed by atoms with van der Waals surface area (Å²) in [5.74, 6) is 1.45. The second kappa shape index (κ2) is 11.0. The Balaban J connectivity index is 1.20. The Hall–Kier alpha value is -4.61. The average molecular weight is 580 g/mol. The summed E-state index contributed by atoms with van der Waals surface area (Å²) in [7, 11) is 0. The van der Waals surface area contributed by atoms with Crippen molar-refractivity contribution in [3.8, 4) is 21.8 Å². The number of nitrogens with one attached hydrogen (secondary N) is 1. The summed E-state index contributed by atoms with van der Waals surface area (Å²) in [5, 5.41) is 8.23. The Morgan fingerprint density at radius 1 is 0.952 bits per heavy atom. The van der Waals surface area contributed by atoms with Gasteiger partial charge in [-0.15, -0.1) is 11.3 Å². The maximum Gasteiger partial charge on any atom is 0.253 e. The lowest BCUT2D eigenvalue weighted by molar-refractivity contribution is -0.127.